The van der Waals surface area contributed by atoms with Crippen molar-refractivity contribution in [3.63, 3.8) is 0 Å². The van der Waals surface area contributed by atoms with Crippen LogP contribution in [-0.2, 0) is 21.2 Å². The molecule has 0 aromatic heterocycles. The van der Waals surface area contributed by atoms with Gasteiger partial charge in [0.25, 0.3) is 0 Å². The highest BCUT2D eigenvalue weighted by Gasteiger charge is 2.26. The van der Waals surface area contributed by atoms with E-state index in [0.29, 0.717) is 17.9 Å². The number of hydrogen-bond donors (Lipinski definition) is 2. The molecule has 2 aromatic carbocycles. The third-order valence-corrected chi connectivity index (χ3v) is 5.39. The average Bonchev–Trinajstić information content (AvgIpc) is 2.62. The van der Waals surface area contributed by atoms with E-state index in [1.54, 1.807) is 19.9 Å². The molecule has 7 heteroatoms. The third-order valence-electron chi connectivity index (χ3n) is 3.92. The number of ether oxygens (including phenoxy) is 1. The number of nitrogens with one attached hydrogen (secondary N) is 2. The van der Waals surface area contributed by atoms with Gasteiger partial charge in [-0.2, -0.15) is 4.72 Å². The minimum absolute atomic E-state index is 0.0955. The molecule has 0 saturated heterocycles. The second-order valence-electron chi connectivity index (χ2n) is 5.89. The minimum Gasteiger partial charge on any atom is -0.496 e. The van der Waals surface area contributed by atoms with Gasteiger partial charge in [0.15, 0.2) is 0 Å². The highest BCUT2D eigenvalue weighted by atomic mass is 32.2. The molecule has 0 saturated carbocycles. The summed E-state index contributed by atoms with van der Waals surface area (Å²) in [4.78, 5) is 12.5. The van der Waals surface area contributed by atoms with Crippen LogP contribution in [0.5, 0.6) is 5.75 Å². The lowest BCUT2D eigenvalue weighted by atomic mass is 10.1. The van der Waals surface area contributed by atoms with Gasteiger partial charge in [-0.25, -0.2) is 8.42 Å². The monoisotopic (exact) mass is 376 g/mol. The molecule has 2 N–H and O–H groups in total. The van der Waals surface area contributed by atoms with Crippen molar-refractivity contribution in [2.75, 3.05) is 13.7 Å². The Labute approximate surface area is 154 Å². The molecule has 0 unspecified atom stereocenters. The van der Waals surface area contributed by atoms with Crippen molar-refractivity contribution in [2.24, 2.45) is 0 Å². The van der Waals surface area contributed by atoms with E-state index in [1.807, 2.05) is 30.3 Å². The number of rotatable bonds is 8. The van der Waals surface area contributed by atoms with Gasteiger partial charge in [0.2, 0.25) is 15.9 Å². The van der Waals surface area contributed by atoms with Crippen molar-refractivity contribution in [3.05, 3.63) is 59.7 Å². The molecule has 1 amide bonds. The Morgan fingerprint density at radius 3 is 2.42 bits per heavy atom. The first kappa shape index (κ1) is 19.9. The number of likely N-dealkylation sites (N-methyl/N-ethyl adjacent to an activating group) is 1. The van der Waals surface area contributed by atoms with Gasteiger partial charge in [-0.1, -0.05) is 30.3 Å². The molecule has 1 atom stereocenters. The van der Waals surface area contributed by atoms with Crippen molar-refractivity contribution in [1.29, 1.82) is 0 Å². The molecular formula is C19H24N2O4S. The van der Waals surface area contributed by atoms with Crippen LogP contribution in [0.25, 0.3) is 0 Å². The van der Waals surface area contributed by atoms with E-state index in [0.717, 1.165) is 5.56 Å². The highest BCUT2D eigenvalue weighted by Crippen LogP contribution is 2.21. The van der Waals surface area contributed by atoms with Crippen LogP contribution in [0.3, 0.4) is 0 Å². The van der Waals surface area contributed by atoms with E-state index in [-0.39, 0.29) is 17.2 Å². The lowest BCUT2D eigenvalue weighted by Gasteiger charge is -2.19. The van der Waals surface area contributed by atoms with E-state index in [4.69, 9.17) is 4.74 Å². The molecule has 2 rings (SSSR count). The second-order valence-corrected chi connectivity index (χ2v) is 7.60. The highest BCUT2D eigenvalue weighted by molar-refractivity contribution is 7.89. The molecule has 0 aliphatic rings. The molecule has 2 aromatic rings. The van der Waals surface area contributed by atoms with Crippen LogP contribution in [-0.4, -0.2) is 34.0 Å². The summed E-state index contributed by atoms with van der Waals surface area (Å²) in [5, 5.41) is 2.68. The Hall–Kier alpha value is -2.38. The Kier molecular flexibility index (Phi) is 6.76. The summed E-state index contributed by atoms with van der Waals surface area (Å²) in [6, 6.07) is 13.0. The van der Waals surface area contributed by atoms with Crippen molar-refractivity contribution in [2.45, 2.75) is 31.2 Å². The fourth-order valence-electron chi connectivity index (χ4n) is 2.61. The van der Waals surface area contributed by atoms with Crippen LogP contribution in [0.15, 0.2) is 53.4 Å². The Bertz CT molecular complexity index is 851. The zero-order valence-corrected chi connectivity index (χ0v) is 16.0. The lowest BCUT2D eigenvalue weighted by molar-refractivity contribution is -0.122. The summed E-state index contributed by atoms with van der Waals surface area (Å²) in [5.41, 5.74) is 1.57. The van der Waals surface area contributed by atoms with Gasteiger partial charge in [0.05, 0.1) is 12.0 Å². The number of hydrogen-bond acceptors (Lipinski definition) is 4. The van der Waals surface area contributed by atoms with Gasteiger partial charge in [-0.15, -0.1) is 0 Å². The summed E-state index contributed by atoms with van der Waals surface area (Å²) < 4.78 is 33.2. The first-order valence-electron chi connectivity index (χ1n) is 8.36. The predicted molar refractivity (Wildman–Crippen MR) is 101 cm³/mol. The average molecular weight is 376 g/mol. The maximum Gasteiger partial charge on any atom is 0.241 e. The van der Waals surface area contributed by atoms with Gasteiger partial charge in [-0.3, -0.25) is 4.79 Å². The van der Waals surface area contributed by atoms with Crippen LogP contribution >= 0.6 is 0 Å². The quantitative estimate of drug-likeness (QED) is 0.738. The summed E-state index contributed by atoms with van der Waals surface area (Å²) in [6.07, 6.45) is 0.265. The first-order chi connectivity index (χ1) is 12.4. The summed E-state index contributed by atoms with van der Waals surface area (Å²) in [7, 11) is -2.33. The van der Waals surface area contributed by atoms with Crippen molar-refractivity contribution in [1.82, 2.24) is 10.0 Å². The van der Waals surface area contributed by atoms with Crippen molar-refractivity contribution < 1.29 is 17.9 Å². The number of amides is 1. The van der Waals surface area contributed by atoms with Crippen molar-refractivity contribution in [3.8, 4) is 5.75 Å². The Morgan fingerprint density at radius 1 is 1.15 bits per heavy atom. The van der Waals surface area contributed by atoms with Gasteiger partial charge < -0.3 is 10.1 Å². The number of carbonyl (C=O) groups excluding carboxylic acids is 1. The van der Waals surface area contributed by atoms with Gasteiger partial charge in [0, 0.05) is 6.54 Å². The number of methoxy groups -OCH3 is 1. The third kappa shape index (κ3) is 5.06. The number of benzene rings is 2. The molecule has 26 heavy (non-hydrogen) atoms. The van der Waals surface area contributed by atoms with E-state index >= 15 is 0 Å². The topological polar surface area (TPSA) is 84.5 Å². The normalized spacial score (nSPS) is 12.4. The zero-order chi connectivity index (χ0) is 19.2. The zero-order valence-electron chi connectivity index (χ0n) is 15.2. The molecular weight excluding hydrogens is 352 g/mol. The van der Waals surface area contributed by atoms with Crippen LogP contribution in [0.4, 0.5) is 0 Å². The summed E-state index contributed by atoms with van der Waals surface area (Å²) >= 11 is 0. The molecule has 0 heterocycles. The smallest absolute Gasteiger partial charge is 0.241 e. The first-order valence-corrected chi connectivity index (χ1v) is 9.84. The van der Waals surface area contributed by atoms with E-state index in [2.05, 4.69) is 10.0 Å². The van der Waals surface area contributed by atoms with Crippen LogP contribution in [0, 0.1) is 6.92 Å². The molecule has 0 aliphatic carbocycles. The number of aryl methyl sites for hydroxylation is 1. The van der Waals surface area contributed by atoms with Crippen LogP contribution < -0.4 is 14.8 Å². The Balaban J connectivity index is 2.27. The second kappa shape index (κ2) is 8.82. The predicted octanol–water partition coefficient (Wildman–Crippen LogP) is 2.03. The van der Waals surface area contributed by atoms with Gasteiger partial charge >= 0.3 is 0 Å². The maximum atomic E-state index is 12.8. The fraction of sp³-hybridized carbons (Fsp3) is 0.316. The minimum atomic E-state index is -3.86. The molecule has 0 fully saturated rings. The molecule has 0 aliphatic heterocycles. The number of carbonyl (C=O) groups is 1. The maximum absolute atomic E-state index is 12.8. The van der Waals surface area contributed by atoms with E-state index in [9.17, 15) is 13.2 Å². The fourth-order valence-corrected chi connectivity index (χ4v) is 3.89. The largest absolute Gasteiger partial charge is 0.496 e. The van der Waals surface area contributed by atoms with E-state index < -0.39 is 16.1 Å². The van der Waals surface area contributed by atoms with Crippen LogP contribution in [0.1, 0.15) is 18.1 Å². The van der Waals surface area contributed by atoms with E-state index in [1.165, 1.54) is 19.2 Å². The Morgan fingerprint density at radius 2 is 1.85 bits per heavy atom. The lowest BCUT2D eigenvalue weighted by Crippen LogP contribution is -2.47. The molecule has 0 bridgehead atoms. The molecule has 0 spiro atoms. The standard InChI is InChI=1S/C19H24N2O4S/c1-4-20-19(22)17(13-15-8-6-5-7-9-15)21-26(23,24)16-10-11-18(25-3)14(2)12-16/h5-12,17,21H,4,13H2,1-3H3,(H,20,22)/t17-/m1/s1. The summed E-state index contributed by atoms with van der Waals surface area (Å²) in [6.45, 7) is 3.98. The molecule has 0 radical (unpaired) electrons. The SMILES string of the molecule is CCNC(=O)[C@@H](Cc1ccccc1)NS(=O)(=O)c1ccc(OC)c(C)c1. The van der Waals surface area contributed by atoms with Gasteiger partial charge in [-0.05, 0) is 49.6 Å². The van der Waals surface area contributed by atoms with Crippen molar-refractivity contribution >= 4 is 15.9 Å². The molecule has 6 nitrogen and oxygen atoms in total. The number of sulfonamides is 1. The van der Waals surface area contributed by atoms with Gasteiger partial charge in [0.1, 0.15) is 11.8 Å². The molecule has 140 valence electrons. The van der Waals surface area contributed by atoms with Crippen LogP contribution in [0.2, 0.25) is 0 Å². The summed E-state index contributed by atoms with van der Waals surface area (Å²) in [5.74, 6) is 0.249.